The van der Waals surface area contributed by atoms with Crippen molar-refractivity contribution in [2.24, 2.45) is 5.92 Å². The quantitative estimate of drug-likeness (QED) is 0.0479. The highest BCUT2D eigenvalue weighted by Gasteiger charge is 2.32. The molecule has 3 aromatic rings. The summed E-state index contributed by atoms with van der Waals surface area (Å²) in [5.74, 6) is -1.90. The summed E-state index contributed by atoms with van der Waals surface area (Å²) in [6, 6.07) is 16.7. The lowest BCUT2D eigenvalue weighted by Gasteiger charge is -2.32. The molecule has 1 heterocycles. The number of hydroxylamine groups is 2. The average molecular weight is 679 g/mol. The van der Waals surface area contributed by atoms with E-state index in [0.29, 0.717) is 42.9 Å². The largest absolute Gasteiger partial charge is 0.494 e. The number of ether oxygens (including phenoxy) is 2. The molecule has 3 rings (SSSR count). The van der Waals surface area contributed by atoms with E-state index in [9.17, 15) is 24.0 Å². The van der Waals surface area contributed by atoms with Crippen LogP contribution in [-0.4, -0.2) is 68.1 Å². The summed E-state index contributed by atoms with van der Waals surface area (Å²) < 4.78 is 16.0. The van der Waals surface area contributed by atoms with Crippen molar-refractivity contribution in [2.75, 3.05) is 26.9 Å². The van der Waals surface area contributed by atoms with Crippen molar-refractivity contribution in [2.45, 2.75) is 65.5 Å². The Morgan fingerprint density at radius 1 is 0.918 bits per heavy atom. The molecule has 0 spiro atoms. The summed E-state index contributed by atoms with van der Waals surface area (Å²) in [6.45, 7) is 5.81. The van der Waals surface area contributed by atoms with Crippen LogP contribution in [-0.2, 0) is 30.6 Å². The van der Waals surface area contributed by atoms with Crippen LogP contribution in [0, 0.1) is 5.92 Å². The minimum atomic E-state index is -0.597. The molecule has 0 bridgehead atoms. The lowest BCUT2D eigenvalue weighted by Crippen LogP contribution is -2.48. The Bertz CT molecular complexity index is 1530. The van der Waals surface area contributed by atoms with Crippen LogP contribution in [0.1, 0.15) is 79.4 Å². The highest BCUT2D eigenvalue weighted by molar-refractivity contribution is 5.97. The van der Waals surface area contributed by atoms with E-state index in [1.54, 1.807) is 25.1 Å². The summed E-state index contributed by atoms with van der Waals surface area (Å²) >= 11 is 0. The van der Waals surface area contributed by atoms with Crippen molar-refractivity contribution in [1.29, 1.82) is 0 Å². The Morgan fingerprint density at radius 3 is 2.37 bits per heavy atom. The van der Waals surface area contributed by atoms with Gasteiger partial charge in [0.1, 0.15) is 24.7 Å². The summed E-state index contributed by atoms with van der Waals surface area (Å²) in [6.07, 6.45) is 4.31. The molecule has 13 nitrogen and oxygen atoms in total. The molecule has 0 fully saturated rings. The van der Waals surface area contributed by atoms with E-state index in [1.807, 2.05) is 37.3 Å². The SMILES string of the molecule is CCCCCC(C(=O)NCNC(=O)c1ccc(-c2cc(OCC)cc(C(=O)NCC(=O)OC)c2)o1)[C@@H](CC)N(C=O)OCc1ccccc1. The summed E-state index contributed by atoms with van der Waals surface area (Å²) in [4.78, 5) is 68.5. The van der Waals surface area contributed by atoms with Crippen LogP contribution in [0.2, 0.25) is 0 Å². The first kappa shape index (κ1) is 38.3. The summed E-state index contributed by atoms with van der Waals surface area (Å²) in [7, 11) is 1.22. The second-order valence-electron chi connectivity index (χ2n) is 11.1. The number of unbranched alkanes of at least 4 members (excludes halogenated alkanes) is 2. The number of methoxy groups -OCH3 is 1. The lowest BCUT2D eigenvalue weighted by molar-refractivity contribution is -0.200. The Morgan fingerprint density at radius 2 is 1.69 bits per heavy atom. The molecule has 4 amide bonds. The number of nitrogens with zero attached hydrogens (tertiary/aromatic N) is 1. The van der Waals surface area contributed by atoms with E-state index in [-0.39, 0.29) is 37.1 Å². The third kappa shape index (κ3) is 11.8. The topological polar surface area (TPSA) is 166 Å². The molecule has 2 aromatic carbocycles. The average Bonchev–Trinajstić information content (AvgIpc) is 3.62. The van der Waals surface area contributed by atoms with Crippen molar-refractivity contribution in [3.05, 3.63) is 77.6 Å². The molecule has 49 heavy (non-hydrogen) atoms. The maximum Gasteiger partial charge on any atom is 0.325 e. The molecule has 0 aliphatic carbocycles. The maximum atomic E-state index is 13.5. The van der Waals surface area contributed by atoms with Crippen LogP contribution in [0.5, 0.6) is 5.75 Å². The normalized spacial score (nSPS) is 11.9. The fourth-order valence-corrected chi connectivity index (χ4v) is 5.18. The molecule has 264 valence electrons. The smallest absolute Gasteiger partial charge is 0.325 e. The second kappa shape index (κ2) is 20.3. The van der Waals surface area contributed by atoms with E-state index in [4.69, 9.17) is 14.0 Å². The van der Waals surface area contributed by atoms with Gasteiger partial charge >= 0.3 is 5.97 Å². The zero-order valence-electron chi connectivity index (χ0n) is 28.5. The number of carbonyl (C=O) groups excluding carboxylic acids is 5. The van der Waals surface area contributed by atoms with Crippen LogP contribution < -0.4 is 20.7 Å². The van der Waals surface area contributed by atoms with Crippen molar-refractivity contribution in [1.82, 2.24) is 21.0 Å². The van der Waals surface area contributed by atoms with Gasteiger partial charge in [-0.15, -0.1) is 0 Å². The molecule has 0 radical (unpaired) electrons. The van der Waals surface area contributed by atoms with Gasteiger partial charge in [0.25, 0.3) is 11.8 Å². The molecule has 0 saturated heterocycles. The number of benzene rings is 2. The van der Waals surface area contributed by atoms with Gasteiger partial charge in [-0.3, -0.25) is 28.8 Å². The summed E-state index contributed by atoms with van der Waals surface area (Å²) in [5, 5.41) is 9.13. The molecule has 1 aromatic heterocycles. The van der Waals surface area contributed by atoms with Crippen molar-refractivity contribution in [3.63, 3.8) is 0 Å². The van der Waals surface area contributed by atoms with Crippen molar-refractivity contribution >= 4 is 30.1 Å². The Balaban J connectivity index is 1.66. The Kier molecular flexibility index (Phi) is 15.8. The van der Waals surface area contributed by atoms with Crippen LogP contribution in [0.3, 0.4) is 0 Å². The zero-order valence-corrected chi connectivity index (χ0v) is 28.5. The minimum Gasteiger partial charge on any atom is -0.494 e. The second-order valence-corrected chi connectivity index (χ2v) is 11.1. The first-order chi connectivity index (χ1) is 23.7. The molecule has 0 aliphatic rings. The van der Waals surface area contributed by atoms with Gasteiger partial charge in [-0.05, 0) is 55.7 Å². The van der Waals surface area contributed by atoms with Gasteiger partial charge in [-0.25, -0.2) is 5.06 Å². The van der Waals surface area contributed by atoms with Crippen LogP contribution >= 0.6 is 0 Å². The number of nitrogens with one attached hydrogen (secondary N) is 3. The van der Waals surface area contributed by atoms with Crippen molar-refractivity contribution < 1.29 is 42.7 Å². The van der Waals surface area contributed by atoms with Gasteiger partial charge in [0.15, 0.2) is 5.76 Å². The van der Waals surface area contributed by atoms with Crippen LogP contribution in [0.15, 0.2) is 65.1 Å². The van der Waals surface area contributed by atoms with Gasteiger partial charge in [-0.2, -0.15) is 0 Å². The first-order valence-corrected chi connectivity index (χ1v) is 16.4. The highest BCUT2D eigenvalue weighted by Crippen LogP contribution is 2.28. The van der Waals surface area contributed by atoms with Crippen LogP contribution in [0.25, 0.3) is 11.3 Å². The lowest BCUT2D eigenvalue weighted by atomic mass is 9.90. The van der Waals surface area contributed by atoms with Crippen LogP contribution in [0.4, 0.5) is 0 Å². The fourth-order valence-electron chi connectivity index (χ4n) is 5.18. The number of esters is 1. The first-order valence-electron chi connectivity index (χ1n) is 16.4. The fraction of sp³-hybridized carbons (Fsp3) is 0.417. The third-order valence-corrected chi connectivity index (χ3v) is 7.72. The Hall–Kier alpha value is -5.17. The number of hydrogen-bond donors (Lipinski definition) is 3. The van der Waals surface area contributed by atoms with E-state index >= 15 is 0 Å². The van der Waals surface area contributed by atoms with E-state index in [0.717, 1.165) is 24.8 Å². The minimum absolute atomic E-state index is 0.0184. The highest BCUT2D eigenvalue weighted by atomic mass is 16.7. The number of amides is 4. The monoisotopic (exact) mass is 678 g/mol. The number of furan rings is 1. The number of rotatable bonds is 21. The molecule has 0 saturated carbocycles. The van der Waals surface area contributed by atoms with Gasteiger partial charge in [0, 0.05) is 11.1 Å². The van der Waals surface area contributed by atoms with Crippen molar-refractivity contribution in [3.8, 4) is 17.1 Å². The third-order valence-electron chi connectivity index (χ3n) is 7.72. The van der Waals surface area contributed by atoms with E-state index in [2.05, 4.69) is 27.6 Å². The molecule has 0 aliphatic heterocycles. The molecule has 3 N–H and O–H groups in total. The van der Waals surface area contributed by atoms with E-state index in [1.165, 1.54) is 24.3 Å². The van der Waals surface area contributed by atoms with Gasteiger partial charge in [-0.1, -0.05) is 63.4 Å². The predicted molar refractivity (Wildman–Crippen MR) is 181 cm³/mol. The van der Waals surface area contributed by atoms with Gasteiger partial charge in [0.05, 0.1) is 32.3 Å². The predicted octanol–water partition coefficient (Wildman–Crippen LogP) is 4.62. The number of carbonyl (C=O) groups is 5. The maximum absolute atomic E-state index is 13.5. The summed E-state index contributed by atoms with van der Waals surface area (Å²) in [5.41, 5.74) is 1.58. The molecule has 2 atom stereocenters. The number of hydrogen-bond acceptors (Lipinski definition) is 9. The van der Waals surface area contributed by atoms with Gasteiger partial charge in [0.2, 0.25) is 12.3 Å². The Labute approximate surface area is 286 Å². The standard InChI is InChI=1S/C36H46N4O9/c1-5-8-10-15-29(30(6-2)40(24-41)48-22-25-13-11-9-12-14-25)35(44)38-23-39-36(45)32-17-16-31(49-32)26-18-27(20-28(19-26)47-7-3)34(43)37-21-33(42)46-4/h9,11-14,16-20,24,29-30H,5-8,10,15,21-23H2,1-4H3,(H,37,43)(H,38,44)(H,39,45)/t29?,30-/m1/s1. The van der Waals surface area contributed by atoms with Gasteiger partial charge < -0.3 is 29.8 Å². The molecule has 13 heteroatoms. The van der Waals surface area contributed by atoms with E-state index < -0.39 is 29.7 Å². The molecular weight excluding hydrogens is 632 g/mol. The molecule has 1 unspecified atom stereocenters. The molecular formula is C36H46N4O9. The zero-order chi connectivity index (χ0) is 35.6.